The molecule has 1 aromatic carbocycles. The van der Waals surface area contributed by atoms with Gasteiger partial charge in [0.1, 0.15) is 5.58 Å². The lowest BCUT2D eigenvalue weighted by atomic mass is 10.1. The molecule has 0 fully saturated rings. The first-order valence-electron chi connectivity index (χ1n) is 4.52. The van der Waals surface area contributed by atoms with E-state index in [4.69, 9.17) is 16.0 Å². The number of allylic oxidation sites excluding steroid dienone is 1. The summed E-state index contributed by atoms with van der Waals surface area (Å²) in [4.78, 5) is 11.5. The Morgan fingerprint density at radius 3 is 2.87 bits per heavy atom. The number of hydrogen-bond acceptors (Lipinski definition) is 2. The van der Waals surface area contributed by atoms with Gasteiger partial charge in [-0.25, -0.2) is 4.79 Å². The molecule has 3 heteroatoms. The molecular formula is C12H9ClO2. The lowest BCUT2D eigenvalue weighted by Crippen LogP contribution is -2.07. The summed E-state index contributed by atoms with van der Waals surface area (Å²) >= 11 is 5.92. The van der Waals surface area contributed by atoms with Gasteiger partial charge in [0.05, 0.1) is 10.9 Å². The topological polar surface area (TPSA) is 30.2 Å². The highest BCUT2D eigenvalue weighted by atomic mass is 35.5. The molecule has 15 heavy (non-hydrogen) atoms. The van der Waals surface area contributed by atoms with Gasteiger partial charge in [0.15, 0.2) is 0 Å². The van der Waals surface area contributed by atoms with Gasteiger partial charge < -0.3 is 4.42 Å². The minimum absolute atomic E-state index is 0.409. The minimum Gasteiger partial charge on any atom is -0.422 e. The molecule has 1 atom stereocenters. The molecule has 0 spiro atoms. The highest BCUT2D eigenvalue weighted by Gasteiger charge is 2.10. The van der Waals surface area contributed by atoms with Crippen LogP contribution in [0.15, 0.2) is 52.2 Å². The smallest absolute Gasteiger partial charge is 0.341 e. The number of hydrogen-bond donors (Lipinski definition) is 0. The van der Waals surface area contributed by atoms with Crippen LogP contribution < -0.4 is 5.63 Å². The largest absolute Gasteiger partial charge is 0.422 e. The van der Waals surface area contributed by atoms with Crippen LogP contribution in [0, 0.1) is 0 Å². The molecule has 76 valence electrons. The standard InChI is InChI=1S/C12H9ClO2/c1-2-10(13)9-7-8-5-3-4-6-11(8)15-12(9)14/h2-7,10H,1H2. The Morgan fingerprint density at radius 1 is 1.40 bits per heavy atom. The number of benzene rings is 1. The van der Waals surface area contributed by atoms with E-state index in [1.54, 1.807) is 12.1 Å². The SMILES string of the molecule is C=CC(Cl)c1cc2ccccc2oc1=O. The Morgan fingerprint density at radius 2 is 2.13 bits per heavy atom. The van der Waals surface area contributed by atoms with Crippen LogP contribution in [-0.4, -0.2) is 0 Å². The zero-order valence-corrected chi connectivity index (χ0v) is 8.70. The van der Waals surface area contributed by atoms with Gasteiger partial charge in [-0.1, -0.05) is 24.3 Å². The van der Waals surface area contributed by atoms with Crippen LogP contribution >= 0.6 is 11.6 Å². The first-order chi connectivity index (χ1) is 7.22. The van der Waals surface area contributed by atoms with Gasteiger partial charge >= 0.3 is 5.63 Å². The summed E-state index contributed by atoms with van der Waals surface area (Å²) in [5, 5.41) is 0.352. The molecule has 0 N–H and O–H groups in total. The quantitative estimate of drug-likeness (QED) is 0.442. The molecule has 1 unspecified atom stereocenters. The second-order valence-electron chi connectivity index (χ2n) is 3.16. The number of alkyl halides is 1. The summed E-state index contributed by atoms with van der Waals surface area (Å²) in [5.74, 6) is 0. The van der Waals surface area contributed by atoms with Gasteiger partial charge in [-0.05, 0) is 12.1 Å². The van der Waals surface area contributed by atoms with Crippen molar-refractivity contribution in [3.63, 3.8) is 0 Å². The molecular weight excluding hydrogens is 212 g/mol. The van der Waals surface area contributed by atoms with Crippen LogP contribution in [0.1, 0.15) is 10.9 Å². The van der Waals surface area contributed by atoms with Gasteiger partial charge in [0.2, 0.25) is 0 Å². The molecule has 0 amide bonds. The van der Waals surface area contributed by atoms with Gasteiger partial charge in [-0.2, -0.15) is 0 Å². The van der Waals surface area contributed by atoms with E-state index in [0.29, 0.717) is 11.1 Å². The molecule has 1 heterocycles. The second-order valence-corrected chi connectivity index (χ2v) is 3.63. The molecule has 0 saturated heterocycles. The van der Waals surface area contributed by atoms with Crippen molar-refractivity contribution in [2.24, 2.45) is 0 Å². The monoisotopic (exact) mass is 220 g/mol. The normalized spacial score (nSPS) is 12.6. The molecule has 1 aromatic heterocycles. The zero-order chi connectivity index (χ0) is 10.8. The number of rotatable bonds is 2. The van der Waals surface area contributed by atoms with Crippen molar-refractivity contribution in [2.45, 2.75) is 5.38 Å². The lowest BCUT2D eigenvalue weighted by molar-refractivity contribution is 0.552. The molecule has 2 rings (SSSR count). The van der Waals surface area contributed by atoms with E-state index in [1.165, 1.54) is 6.08 Å². The van der Waals surface area contributed by atoms with E-state index in [1.807, 2.05) is 18.2 Å². The summed E-state index contributed by atoms with van der Waals surface area (Å²) in [6.07, 6.45) is 1.50. The first-order valence-corrected chi connectivity index (χ1v) is 4.95. The van der Waals surface area contributed by atoms with E-state index >= 15 is 0 Å². The minimum atomic E-state index is -0.508. The maximum Gasteiger partial charge on any atom is 0.341 e. The van der Waals surface area contributed by atoms with Crippen LogP contribution in [0.25, 0.3) is 11.0 Å². The van der Waals surface area contributed by atoms with Crippen LogP contribution in [0.3, 0.4) is 0 Å². The third kappa shape index (κ3) is 1.81. The summed E-state index contributed by atoms with van der Waals surface area (Å²) in [7, 11) is 0. The van der Waals surface area contributed by atoms with Crippen molar-refractivity contribution in [1.29, 1.82) is 0 Å². The fraction of sp³-hybridized carbons (Fsp3) is 0.0833. The lowest BCUT2D eigenvalue weighted by Gasteiger charge is -2.03. The van der Waals surface area contributed by atoms with Crippen LogP contribution in [-0.2, 0) is 0 Å². The molecule has 2 aromatic rings. The van der Waals surface area contributed by atoms with E-state index in [0.717, 1.165) is 5.39 Å². The predicted octanol–water partition coefficient (Wildman–Crippen LogP) is 3.26. The Hall–Kier alpha value is -1.54. The Labute approximate surface area is 91.8 Å². The van der Waals surface area contributed by atoms with Gasteiger partial charge in [-0.3, -0.25) is 0 Å². The summed E-state index contributed by atoms with van der Waals surface area (Å²) in [6, 6.07) is 9.05. The van der Waals surface area contributed by atoms with Crippen molar-refractivity contribution < 1.29 is 4.42 Å². The van der Waals surface area contributed by atoms with Crippen LogP contribution in [0.5, 0.6) is 0 Å². The number of fused-ring (bicyclic) bond motifs is 1. The molecule has 0 aliphatic heterocycles. The average molecular weight is 221 g/mol. The Balaban J connectivity index is 2.72. The Kier molecular flexibility index (Phi) is 2.60. The van der Waals surface area contributed by atoms with Crippen molar-refractivity contribution in [3.8, 4) is 0 Å². The maximum atomic E-state index is 11.5. The van der Waals surface area contributed by atoms with Gasteiger partial charge in [-0.15, -0.1) is 18.2 Å². The summed E-state index contributed by atoms with van der Waals surface area (Å²) in [5.41, 5.74) is 0.582. The fourth-order valence-electron chi connectivity index (χ4n) is 1.40. The van der Waals surface area contributed by atoms with E-state index in [9.17, 15) is 4.79 Å². The van der Waals surface area contributed by atoms with Gasteiger partial charge in [0, 0.05) is 5.39 Å². The van der Waals surface area contributed by atoms with Crippen LogP contribution in [0.2, 0.25) is 0 Å². The highest BCUT2D eigenvalue weighted by molar-refractivity contribution is 6.22. The van der Waals surface area contributed by atoms with E-state index in [2.05, 4.69) is 6.58 Å². The van der Waals surface area contributed by atoms with Crippen molar-refractivity contribution >= 4 is 22.6 Å². The van der Waals surface area contributed by atoms with Crippen molar-refractivity contribution in [2.75, 3.05) is 0 Å². The summed E-state index contributed by atoms with van der Waals surface area (Å²) in [6.45, 7) is 3.55. The maximum absolute atomic E-state index is 11.5. The third-order valence-corrected chi connectivity index (χ3v) is 2.59. The fourth-order valence-corrected chi connectivity index (χ4v) is 1.55. The third-order valence-electron chi connectivity index (χ3n) is 2.17. The molecule has 0 aliphatic carbocycles. The van der Waals surface area contributed by atoms with E-state index in [-0.39, 0.29) is 0 Å². The highest BCUT2D eigenvalue weighted by Crippen LogP contribution is 2.21. The Bertz CT molecular complexity index is 557. The van der Waals surface area contributed by atoms with Crippen molar-refractivity contribution in [3.05, 3.63) is 59.0 Å². The first kappa shape index (κ1) is 9.99. The number of para-hydroxylation sites is 1. The predicted molar refractivity (Wildman–Crippen MR) is 61.3 cm³/mol. The van der Waals surface area contributed by atoms with Gasteiger partial charge in [0.25, 0.3) is 0 Å². The second kappa shape index (κ2) is 3.91. The molecule has 0 saturated carbocycles. The summed E-state index contributed by atoms with van der Waals surface area (Å²) < 4.78 is 5.13. The molecule has 2 nitrogen and oxygen atoms in total. The van der Waals surface area contributed by atoms with Crippen molar-refractivity contribution in [1.82, 2.24) is 0 Å². The van der Waals surface area contributed by atoms with Crippen LogP contribution in [0.4, 0.5) is 0 Å². The molecule has 0 aliphatic rings. The number of halogens is 1. The van der Waals surface area contributed by atoms with E-state index < -0.39 is 11.0 Å². The average Bonchev–Trinajstić information content (AvgIpc) is 2.27. The molecule has 0 radical (unpaired) electrons. The zero-order valence-electron chi connectivity index (χ0n) is 7.94. The molecule has 0 bridgehead atoms.